The Morgan fingerprint density at radius 3 is 2.70 bits per heavy atom. The molecule has 0 unspecified atom stereocenters. The fourth-order valence-corrected chi connectivity index (χ4v) is 0.998. The number of thiol groups is 1. The molecule has 0 aromatic heterocycles. The maximum atomic E-state index is 5.42. The van der Waals surface area contributed by atoms with Crippen LogP contribution >= 0.6 is 12.6 Å². The van der Waals surface area contributed by atoms with E-state index in [1.807, 2.05) is 0 Å². The van der Waals surface area contributed by atoms with Crippen molar-refractivity contribution in [3.63, 3.8) is 0 Å². The minimum Gasteiger partial charge on any atom is -0.376 e. The van der Waals surface area contributed by atoms with E-state index in [1.54, 1.807) is 0 Å². The molecule has 1 heterocycles. The van der Waals surface area contributed by atoms with Crippen molar-refractivity contribution in [3.8, 4) is 0 Å². The van der Waals surface area contributed by atoms with Gasteiger partial charge in [0.15, 0.2) is 0 Å². The lowest BCUT2D eigenvalue weighted by molar-refractivity contribution is -0.129. The molecule has 0 N–H and O–H groups in total. The monoisotopic (exact) mass is 162 g/mol. The van der Waals surface area contributed by atoms with Gasteiger partial charge in [0.1, 0.15) is 6.10 Å². The molecule has 0 saturated carbocycles. The van der Waals surface area contributed by atoms with Crippen LogP contribution < -0.4 is 0 Å². The number of hydrogen-bond acceptors (Lipinski definition) is 3. The van der Waals surface area contributed by atoms with Gasteiger partial charge in [0.05, 0.1) is 13.2 Å². The maximum absolute atomic E-state index is 5.42. The van der Waals surface area contributed by atoms with E-state index in [0.29, 0.717) is 6.10 Å². The van der Waals surface area contributed by atoms with E-state index >= 15 is 0 Å². The lowest BCUT2D eigenvalue weighted by Gasteiger charge is -2.25. The summed E-state index contributed by atoms with van der Waals surface area (Å²) in [4.78, 5) is 0. The molecule has 10 heavy (non-hydrogen) atoms. The van der Waals surface area contributed by atoms with Crippen molar-refractivity contribution in [1.82, 2.24) is 0 Å². The highest BCUT2D eigenvalue weighted by molar-refractivity contribution is 7.80. The van der Waals surface area contributed by atoms with Crippen LogP contribution in [0.4, 0.5) is 0 Å². The van der Waals surface area contributed by atoms with Gasteiger partial charge in [0, 0.05) is 6.61 Å². The molecule has 1 saturated heterocycles. The Morgan fingerprint density at radius 2 is 2.20 bits per heavy atom. The lowest BCUT2D eigenvalue weighted by Crippen LogP contribution is -2.36. The summed E-state index contributed by atoms with van der Waals surface area (Å²) in [6.07, 6.45) is 2.66. The quantitative estimate of drug-likeness (QED) is 0.482. The smallest absolute Gasteiger partial charge is 0.104 e. The third kappa shape index (κ3) is 2.90. The Kier molecular flexibility index (Phi) is 4.18. The molecule has 60 valence electrons. The van der Waals surface area contributed by atoms with Crippen molar-refractivity contribution in [2.45, 2.75) is 18.9 Å². The van der Waals surface area contributed by atoms with Crippen molar-refractivity contribution in [2.24, 2.45) is 0 Å². The molecule has 0 amide bonds. The van der Waals surface area contributed by atoms with Gasteiger partial charge in [-0.25, -0.2) is 0 Å². The van der Waals surface area contributed by atoms with Gasteiger partial charge in [-0.05, 0) is 18.6 Å². The molecule has 1 aliphatic heterocycles. The van der Waals surface area contributed by atoms with Crippen LogP contribution in [-0.2, 0) is 9.47 Å². The van der Waals surface area contributed by atoms with Gasteiger partial charge in [0.2, 0.25) is 0 Å². The summed E-state index contributed by atoms with van der Waals surface area (Å²) in [5.41, 5.74) is 0. The fourth-order valence-electron chi connectivity index (χ4n) is 0.774. The van der Waals surface area contributed by atoms with Crippen molar-refractivity contribution >= 4 is 12.6 Å². The summed E-state index contributed by atoms with van der Waals surface area (Å²) in [5.74, 6) is 0.963. The Morgan fingerprint density at radius 1 is 1.40 bits per heavy atom. The zero-order valence-electron chi connectivity index (χ0n) is 6.08. The van der Waals surface area contributed by atoms with E-state index in [4.69, 9.17) is 9.47 Å². The summed E-state index contributed by atoms with van der Waals surface area (Å²) in [6, 6.07) is 0. The fraction of sp³-hybridized carbons (Fsp3) is 1.00. The zero-order chi connectivity index (χ0) is 7.23. The molecule has 0 spiro atoms. The Balaban J connectivity index is 1.76. The molecule has 0 bridgehead atoms. The molecular formula is C7H14O2S. The standard InChI is InChI=1S/C7H14O2S/c10-4-2-1-3-9-7-5-8-6-7/h7,10H,1-6H2. The van der Waals surface area contributed by atoms with Crippen LogP contribution in [0.2, 0.25) is 0 Å². The summed E-state index contributed by atoms with van der Waals surface area (Å²) in [5, 5.41) is 0. The van der Waals surface area contributed by atoms with Gasteiger partial charge in [0.25, 0.3) is 0 Å². The Hall–Kier alpha value is 0.270. The van der Waals surface area contributed by atoms with Crippen molar-refractivity contribution in [1.29, 1.82) is 0 Å². The number of rotatable bonds is 5. The second kappa shape index (κ2) is 4.99. The molecule has 0 aromatic rings. The van der Waals surface area contributed by atoms with Gasteiger partial charge < -0.3 is 9.47 Å². The minimum atomic E-state index is 0.389. The molecule has 2 nitrogen and oxygen atoms in total. The molecule has 1 aliphatic rings. The van der Waals surface area contributed by atoms with Crippen LogP contribution in [0.3, 0.4) is 0 Å². The zero-order valence-corrected chi connectivity index (χ0v) is 6.98. The topological polar surface area (TPSA) is 18.5 Å². The first-order valence-electron chi connectivity index (χ1n) is 3.73. The number of ether oxygens (including phenoxy) is 2. The summed E-state index contributed by atoms with van der Waals surface area (Å²) in [6.45, 7) is 2.45. The van der Waals surface area contributed by atoms with Crippen LogP contribution in [0.15, 0.2) is 0 Å². The SMILES string of the molecule is SCCCCOC1COC1. The normalized spacial score (nSPS) is 18.9. The predicted octanol–water partition coefficient (Wildman–Crippen LogP) is 1.11. The molecule has 1 rings (SSSR count). The van der Waals surface area contributed by atoms with Gasteiger partial charge in [-0.1, -0.05) is 0 Å². The average Bonchev–Trinajstić information content (AvgIpc) is 1.84. The lowest BCUT2D eigenvalue weighted by atomic mass is 10.3. The van der Waals surface area contributed by atoms with E-state index in [9.17, 15) is 0 Å². The molecule has 0 atom stereocenters. The van der Waals surface area contributed by atoms with E-state index < -0.39 is 0 Å². The first-order valence-corrected chi connectivity index (χ1v) is 4.37. The number of hydrogen-bond donors (Lipinski definition) is 1. The molecule has 0 aromatic carbocycles. The highest BCUT2D eigenvalue weighted by atomic mass is 32.1. The van der Waals surface area contributed by atoms with Gasteiger partial charge in [-0.3, -0.25) is 0 Å². The van der Waals surface area contributed by atoms with Crippen molar-refractivity contribution in [3.05, 3.63) is 0 Å². The third-order valence-electron chi connectivity index (χ3n) is 1.51. The van der Waals surface area contributed by atoms with Crippen molar-refractivity contribution < 1.29 is 9.47 Å². The van der Waals surface area contributed by atoms with E-state index in [2.05, 4.69) is 12.6 Å². The van der Waals surface area contributed by atoms with Crippen LogP contribution in [0.25, 0.3) is 0 Å². The summed E-state index contributed by atoms with van der Waals surface area (Å²) < 4.78 is 10.4. The molecule has 1 fully saturated rings. The maximum Gasteiger partial charge on any atom is 0.104 e. The van der Waals surface area contributed by atoms with Crippen molar-refractivity contribution in [2.75, 3.05) is 25.6 Å². The van der Waals surface area contributed by atoms with Gasteiger partial charge in [-0.2, -0.15) is 12.6 Å². The van der Waals surface area contributed by atoms with E-state index in [1.165, 1.54) is 0 Å². The van der Waals surface area contributed by atoms with Crippen LogP contribution in [-0.4, -0.2) is 31.7 Å². The Bertz CT molecular complexity index is 83.7. The van der Waals surface area contributed by atoms with E-state index in [-0.39, 0.29) is 0 Å². The highest BCUT2D eigenvalue weighted by Gasteiger charge is 2.17. The minimum absolute atomic E-state index is 0.389. The Labute approximate surface area is 67.3 Å². The molecular weight excluding hydrogens is 148 g/mol. The first kappa shape index (κ1) is 8.37. The molecule has 0 aliphatic carbocycles. The number of unbranched alkanes of at least 4 members (excludes halogenated alkanes) is 1. The molecule has 0 radical (unpaired) electrons. The van der Waals surface area contributed by atoms with Gasteiger partial charge in [-0.15, -0.1) is 0 Å². The van der Waals surface area contributed by atoms with Crippen LogP contribution in [0.5, 0.6) is 0 Å². The average molecular weight is 162 g/mol. The van der Waals surface area contributed by atoms with Crippen LogP contribution in [0, 0.1) is 0 Å². The predicted molar refractivity (Wildman–Crippen MR) is 43.6 cm³/mol. The second-order valence-corrected chi connectivity index (χ2v) is 2.91. The summed E-state index contributed by atoms with van der Waals surface area (Å²) >= 11 is 4.10. The third-order valence-corrected chi connectivity index (χ3v) is 1.83. The highest BCUT2D eigenvalue weighted by Crippen LogP contribution is 2.05. The first-order chi connectivity index (χ1) is 4.93. The van der Waals surface area contributed by atoms with E-state index in [0.717, 1.165) is 38.4 Å². The second-order valence-electron chi connectivity index (χ2n) is 2.46. The largest absolute Gasteiger partial charge is 0.376 e. The van der Waals surface area contributed by atoms with Gasteiger partial charge >= 0.3 is 0 Å². The van der Waals surface area contributed by atoms with Crippen LogP contribution in [0.1, 0.15) is 12.8 Å². The molecule has 3 heteroatoms. The summed E-state index contributed by atoms with van der Waals surface area (Å²) in [7, 11) is 0.